The van der Waals surface area contributed by atoms with Crippen LogP contribution in [0.2, 0.25) is 0 Å². The summed E-state index contributed by atoms with van der Waals surface area (Å²) in [5.41, 5.74) is 5.27. The molecule has 2 N–H and O–H groups in total. The molecule has 4 rings (SSSR count). The van der Waals surface area contributed by atoms with Crippen molar-refractivity contribution in [3.63, 3.8) is 0 Å². The van der Waals surface area contributed by atoms with E-state index in [1.165, 1.54) is 6.33 Å². The van der Waals surface area contributed by atoms with E-state index < -0.39 is 0 Å². The van der Waals surface area contributed by atoms with Gasteiger partial charge in [-0.1, -0.05) is 0 Å². The number of hydrogen-bond acceptors (Lipinski definition) is 7. The Labute approximate surface area is 157 Å². The molecule has 0 bridgehead atoms. The standard InChI is InChI=1S/C19H24FN5O2/c1-11(2)27-17-5-13-15(6-14(17)20)23-24-19(13)16-7-18(22-10-21-16)25-4-3-12(8-25)9-26/h5,7,10-12,15,23,26H,3-4,6,8-9H2,1-2H3/t12-,15?/m1/s1. The van der Waals surface area contributed by atoms with Crippen LogP contribution in [-0.4, -0.2) is 52.6 Å². The van der Waals surface area contributed by atoms with Crippen LogP contribution in [0.3, 0.4) is 0 Å². The first-order valence-corrected chi connectivity index (χ1v) is 9.34. The van der Waals surface area contributed by atoms with Gasteiger partial charge >= 0.3 is 0 Å². The molecule has 1 unspecified atom stereocenters. The fourth-order valence-electron chi connectivity index (χ4n) is 3.66. The highest BCUT2D eigenvalue weighted by molar-refractivity contribution is 6.14. The van der Waals surface area contributed by atoms with Gasteiger partial charge in [0.25, 0.3) is 0 Å². The molecule has 2 aliphatic heterocycles. The summed E-state index contributed by atoms with van der Waals surface area (Å²) in [7, 11) is 0. The van der Waals surface area contributed by atoms with Gasteiger partial charge in [0, 0.05) is 43.7 Å². The van der Waals surface area contributed by atoms with Crippen LogP contribution in [0.25, 0.3) is 0 Å². The zero-order valence-electron chi connectivity index (χ0n) is 15.5. The minimum absolute atomic E-state index is 0.103. The Kier molecular flexibility index (Phi) is 4.82. The van der Waals surface area contributed by atoms with E-state index in [-0.39, 0.29) is 42.7 Å². The van der Waals surface area contributed by atoms with Crippen molar-refractivity contribution < 1.29 is 14.2 Å². The summed E-state index contributed by atoms with van der Waals surface area (Å²) in [6.45, 7) is 5.58. The number of rotatable bonds is 5. The van der Waals surface area contributed by atoms with Crippen LogP contribution in [0.1, 0.15) is 32.4 Å². The van der Waals surface area contributed by atoms with E-state index in [1.807, 2.05) is 19.9 Å². The number of anilines is 1. The largest absolute Gasteiger partial charge is 0.488 e. The Morgan fingerprint density at radius 3 is 3.00 bits per heavy atom. The Balaban J connectivity index is 1.60. The maximum absolute atomic E-state index is 14.3. The number of aromatic nitrogens is 2. The lowest BCUT2D eigenvalue weighted by Crippen LogP contribution is -2.26. The summed E-state index contributed by atoms with van der Waals surface area (Å²) in [4.78, 5) is 10.9. The van der Waals surface area contributed by atoms with E-state index in [9.17, 15) is 9.50 Å². The Morgan fingerprint density at radius 2 is 2.26 bits per heavy atom. The van der Waals surface area contributed by atoms with E-state index in [0.717, 1.165) is 30.9 Å². The lowest BCUT2D eigenvalue weighted by atomic mass is 9.93. The Bertz CT molecular complexity index is 820. The highest BCUT2D eigenvalue weighted by Gasteiger charge is 2.33. The van der Waals surface area contributed by atoms with Crippen LogP contribution in [0.5, 0.6) is 0 Å². The average Bonchev–Trinajstić information content (AvgIpc) is 3.28. The third kappa shape index (κ3) is 3.53. The number of aliphatic hydroxyl groups excluding tert-OH is 1. The predicted molar refractivity (Wildman–Crippen MR) is 100.0 cm³/mol. The normalized spacial score (nSPS) is 24.7. The molecule has 0 saturated carbocycles. The SMILES string of the molecule is CC(C)OC1=C(F)CC2NN=C(c3cc(N4CC[C@@H](CO)C4)ncn3)C2=C1. The number of hydrogen-bond donors (Lipinski definition) is 2. The highest BCUT2D eigenvalue weighted by Crippen LogP contribution is 2.32. The van der Waals surface area contributed by atoms with Gasteiger partial charge in [-0.05, 0) is 26.3 Å². The molecule has 3 aliphatic rings. The molecular formula is C19H24FN5O2. The summed E-state index contributed by atoms with van der Waals surface area (Å²) in [5.74, 6) is 1.10. The van der Waals surface area contributed by atoms with Crippen LogP contribution in [0.15, 0.2) is 40.7 Å². The van der Waals surface area contributed by atoms with Crippen LogP contribution < -0.4 is 10.3 Å². The molecule has 3 heterocycles. The third-order valence-electron chi connectivity index (χ3n) is 5.04. The van der Waals surface area contributed by atoms with Crippen molar-refractivity contribution in [3.05, 3.63) is 41.3 Å². The van der Waals surface area contributed by atoms with Crippen molar-refractivity contribution in [2.24, 2.45) is 11.0 Å². The number of nitrogens with one attached hydrogen (secondary N) is 1. The van der Waals surface area contributed by atoms with Crippen LogP contribution in [-0.2, 0) is 4.74 Å². The number of nitrogens with zero attached hydrogens (tertiary/aromatic N) is 4. The molecule has 1 aromatic heterocycles. The lowest BCUT2D eigenvalue weighted by Gasteiger charge is -2.21. The maximum atomic E-state index is 14.3. The second-order valence-corrected chi connectivity index (χ2v) is 7.43. The number of halogens is 1. The summed E-state index contributed by atoms with van der Waals surface area (Å²) >= 11 is 0. The van der Waals surface area contributed by atoms with Crippen molar-refractivity contribution in [2.45, 2.75) is 38.8 Å². The third-order valence-corrected chi connectivity index (χ3v) is 5.04. The van der Waals surface area contributed by atoms with Gasteiger partial charge in [-0.2, -0.15) is 5.10 Å². The van der Waals surface area contributed by atoms with Crippen LogP contribution in [0.4, 0.5) is 10.2 Å². The molecule has 0 amide bonds. The maximum Gasteiger partial charge on any atom is 0.151 e. The van der Waals surface area contributed by atoms with Gasteiger partial charge in [0.15, 0.2) is 5.76 Å². The minimum Gasteiger partial charge on any atom is -0.488 e. The van der Waals surface area contributed by atoms with Gasteiger partial charge in [-0.15, -0.1) is 0 Å². The molecule has 1 fully saturated rings. The highest BCUT2D eigenvalue weighted by atomic mass is 19.1. The van der Waals surface area contributed by atoms with Gasteiger partial charge in [-0.25, -0.2) is 14.4 Å². The Morgan fingerprint density at radius 1 is 1.41 bits per heavy atom. The molecule has 0 spiro atoms. The molecular weight excluding hydrogens is 349 g/mol. The smallest absolute Gasteiger partial charge is 0.151 e. The number of hydrazone groups is 1. The topological polar surface area (TPSA) is 82.9 Å². The number of aliphatic hydroxyl groups is 1. The van der Waals surface area contributed by atoms with E-state index >= 15 is 0 Å². The van der Waals surface area contributed by atoms with E-state index in [4.69, 9.17) is 4.74 Å². The van der Waals surface area contributed by atoms with E-state index in [1.54, 1.807) is 6.08 Å². The molecule has 2 atom stereocenters. The first-order chi connectivity index (χ1) is 13.0. The first-order valence-electron chi connectivity index (χ1n) is 9.34. The molecule has 27 heavy (non-hydrogen) atoms. The molecule has 7 nitrogen and oxygen atoms in total. The molecule has 144 valence electrons. The lowest BCUT2D eigenvalue weighted by molar-refractivity contribution is 0.146. The van der Waals surface area contributed by atoms with Crippen molar-refractivity contribution in [1.82, 2.24) is 15.4 Å². The number of allylic oxidation sites excluding steroid dienone is 1. The average molecular weight is 373 g/mol. The molecule has 0 radical (unpaired) electrons. The summed E-state index contributed by atoms with van der Waals surface area (Å²) in [6, 6.07) is 1.70. The monoisotopic (exact) mass is 373 g/mol. The van der Waals surface area contributed by atoms with E-state index in [2.05, 4.69) is 25.4 Å². The quantitative estimate of drug-likeness (QED) is 0.820. The van der Waals surface area contributed by atoms with Gasteiger partial charge in [-0.3, -0.25) is 0 Å². The van der Waals surface area contributed by atoms with Crippen molar-refractivity contribution in [3.8, 4) is 0 Å². The summed E-state index contributed by atoms with van der Waals surface area (Å²) in [6.07, 6.45) is 4.31. The fourth-order valence-corrected chi connectivity index (χ4v) is 3.66. The number of fused-ring (bicyclic) bond motifs is 1. The molecule has 1 aromatic rings. The summed E-state index contributed by atoms with van der Waals surface area (Å²) in [5, 5.41) is 13.8. The molecule has 1 saturated heterocycles. The van der Waals surface area contributed by atoms with Gasteiger partial charge in [0.1, 0.15) is 23.7 Å². The predicted octanol–water partition coefficient (Wildman–Crippen LogP) is 1.91. The fraction of sp³-hybridized carbons (Fsp3) is 0.526. The van der Waals surface area contributed by atoms with Crippen molar-refractivity contribution >= 4 is 11.5 Å². The molecule has 1 aliphatic carbocycles. The zero-order chi connectivity index (χ0) is 19.0. The first kappa shape index (κ1) is 17.9. The van der Waals surface area contributed by atoms with E-state index in [0.29, 0.717) is 11.4 Å². The van der Waals surface area contributed by atoms with Crippen LogP contribution >= 0.6 is 0 Å². The Hall–Kier alpha value is -2.48. The summed E-state index contributed by atoms with van der Waals surface area (Å²) < 4.78 is 19.9. The minimum atomic E-state index is -0.267. The van der Waals surface area contributed by atoms with Crippen LogP contribution in [0, 0.1) is 5.92 Å². The van der Waals surface area contributed by atoms with Gasteiger partial charge in [0.2, 0.25) is 0 Å². The zero-order valence-corrected chi connectivity index (χ0v) is 15.5. The second-order valence-electron chi connectivity index (χ2n) is 7.43. The van der Waals surface area contributed by atoms with Crippen molar-refractivity contribution in [2.75, 3.05) is 24.6 Å². The van der Waals surface area contributed by atoms with Gasteiger partial charge in [0.05, 0.1) is 17.8 Å². The number of ether oxygens (including phenoxy) is 1. The van der Waals surface area contributed by atoms with Gasteiger partial charge < -0.3 is 20.2 Å². The van der Waals surface area contributed by atoms with Crippen molar-refractivity contribution in [1.29, 1.82) is 0 Å². The second kappa shape index (κ2) is 7.26. The molecule has 0 aromatic carbocycles. The molecule has 8 heteroatoms.